The number of rotatable bonds is 4. The SMILES string of the molecule is Cc1cccc(-c2[nH]c(Cc3cccc(F)c3F)nc2-c2ccc3ncccc3c2)n1. The lowest BCUT2D eigenvalue weighted by molar-refractivity contribution is 0.500. The molecule has 31 heavy (non-hydrogen) atoms. The lowest BCUT2D eigenvalue weighted by atomic mass is 10.1. The highest BCUT2D eigenvalue weighted by Crippen LogP contribution is 2.31. The number of pyridine rings is 2. The number of imidazole rings is 1. The molecule has 0 unspecified atom stereocenters. The lowest BCUT2D eigenvalue weighted by Crippen LogP contribution is -1.97. The Morgan fingerprint density at radius 1 is 0.903 bits per heavy atom. The topological polar surface area (TPSA) is 54.5 Å². The predicted molar refractivity (Wildman–Crippen MR) is 116 cm³/mol. The van der Waals surface area contributed by atoms with Crippen LogP contribution in [0.3, 0.4) is 0 Å². The summed E-state index contributed by atoms with van der Waals surface area (Å²) in [6.07, 6.45) is 1.89. The van der Waals surface area contributed by atoms with Gasteiger partial charge in [-0.3, -0.25) is 9.97 Å². The molecule has 5 aromatic rings. The molecule has 3 aromatic heterocycles. The van der Waals surface area contributed by atoms with E-state index in [0.717, 1.165) is 39.6 Å². The predicted octanol–water partition coefficient (Wildman–Crippen LogP) is 5.86. The van der Waals surface area contributed by atoms with E-state index >= 15 is 0 Å². The van der Waals surface area contributed by atoms with Gasteiger partial charge in [0, 0.05) is 29.3 Å². The van der Waals surface area contributed by atoms with Crippen molar-refractivity contribution in [1.82, 2.24) is 19.9 Å². The Morgan fingerprint density at radius 2 is 1.77 bits per heavy atom. The zero-order valence-electron chi connectivity index (χ0n) is 16.7. The van der Waals surface area contributed by atoms with Crippen LogP contribution in [0.15, 0.2) is 72.9 Å². The van der Waals surface area contributed by atoms with Gasteiger partial charge in [0.15, 0.2) is 11.6 Å². The monoisotopic (exact) mass is 412 g/mol. The first kappa shape index (κ1) is 19.1. The van der Waals surface area contributed by atoms with E-state index in [0.29, 0.717) is 11.5 Å². The minimum absolute atomic E-state index is 0.136. The van der Waals surface area contributed by atoms with E-state index in [1.54, 1.807) is 12.3 Å². The minimum Gasteiger partial charge on any atom is -0.340 e. The van der Waals surface area contributed by atoms with Crippen molar-refractivity contribution in [3.8, 4) is 22.6 Å². The molecule has 0 saturated carbocycles. The molecule has 0 fully saturated rings. The van der Waals surface area contributed by atoms with Crippen molar-refractivity contribution in [3.05, 3.63) is 102 Å². The third kappa shape index (κ3) is 3.68. The van der Waals surface area contributed by atoms with E-state index in [4.69, 9.17) is 4.98 Å². The molecule has 0 radical (unpaired) electrons. The maximum Gasteiger partial charge on any atom is 0.162 e. The van der Waals surface area contributed by atoms with Crippen molar-refractivity contribution in [2.75, 3.05) is 0 Å². The van der Waals surface area contributed by atoms with Gasteiger partial charge in [0.25, 0.3) is 0 Å². The van der Waals surface area contributed by atoms with Crippen LogP contribution < -0.4 is 0 Å². The number of fused-ring (bicyclic) bond motifs is 1. The molecule has 0 atom stereocenters. The Hall–Kier alpha value is -3.93. The van der Waals surface area contributed by atoms with Crippen LogP contribution in [0.2, 0.25) is 0 Å². The smallest absolute Gasteiger partial charge is 0.162 e. The molecule has 0 aliphatic carbocycles. The molecule has 1 N–H and O–H groups in total. The summed E-state index contributed by atoms with van der Waals surface area (Å²) >= 11 is 0. The molecule has 3 heterocycles. The molecule has 0 bridgehead atoms. The van der Waals surface area contributed by atoms with Gasteiger partial charge in [-0.15, -0.1) is 0 Å². The second-order valence-corrected chi connectivity index (χ2v) is 7.37. The van der Waals surface area contributed by atoms with Gasteiger partial charge in [-0.05, 0) is 48.9 Å². The number of aromatic nitrogens is 4. The molecule has 0 saturated heterocycles. The van der Waals surface area contributed by atoms with Crippen LogP contribution in [0.5, 0.6) is 0 Å². The molecule has 2 aromatic carbocycles. The Kier molecular flexibility index (Phi) is 4.75. The molecule has 5 rings (SSSR count). The van der Waals surface area contributed by atoms with Gasteiger partial charge >= 0.3 is 0 Å². The van der Waals surface area contributed by atoms with Crippen LogP contribution in [-0.2, 0) is 6.42 Å². The number of halogens is 2. The second-order valence-electron chi connectivity index (χ2n) is 7.37. The van der Waals surface area contributed by atoms with Crippen LogP contribution in [0, 0.1) is 18.6 Å². The third-order valence-corrected chi connectivity index (χ3v) is 5.16. The Bertz CT molecular complexity index is 1410. The van der Waals surface area contributed by atoms with E-state index in [-0.39, 0.29) is 12.0 Å². The van der Waals surface area contributed by atoms with Crippen LogP contribution >= 0.6 is 0 Å². The fraction of sp³-hybridized carbons (Fsp3) is 0.0800. The van der Waals surface area contributed by atoms with Gasteiger partial charge in [0.2, 0.25) is 0 Å². The average Bonchev–Trinajstić information content (AvgIpc) is 3.20. The van der Waals surface area contributed by atoms with Crippen LogP contribution in [0.4, 0.5) is 8.78 Å². The summed E-state index contributed by atoms with van der Waals surface area (Å²) in [6, 6.07) is 19.7. The van der Waals surface area contributed by atoms with Crippen LogP contribution in [0.1, 0.15) is 17.1 Å². The first-order valence-electron chi connectivity index (χ1n) is 9.89. The molecular weight excluding hydrogens is 394 g/mol. The summed E-state index contributed by atoms with van der Waals surface area (Å²) in [7, 11) is 0. The summed E-state index contributed by atoms with van der Waals surface area (Å²) in [5.74, 6) is -1.19. The standard InChI is InChI=1S/C25H18F2N4/c1-15-5-2-9-21(29-15)25-24(18-10-11-20-16(13-18)7-4-12-28-20)30-22(31-25)14-17-6-3-8-19(26)23(17)27/h2-13H,14H2,1H3,(H,30,31). The summed E-state index contributed by atoms with van der Waals surface area (Å²) < 4.78 is 27.9. The molecule has 152 valence electrons. The molecule has 0 aliphatic rings. The summed E-state index contributed by atoms with van der Waals surface area (Å²) in [5.41, 5.74) is 5.07. The van der Waals surface area contributed by atoms with Crippen molar-refractivity contribution < 1.29 is 8.78 Å². The number of hydrogen-bond donors (Lipinski definition) is 1. The molecular formula is C25H18F2N4. The van der Waals surface area contributed by atoms with Crippen molar-refractivity contribution in [2.45, 2.75) is 13.3 Å². The number of benzene rings is 2. The quantitative estimate of drug-likeness (QED) is 0.402. The minimum atomic E-state index is -0.869. The molecule has 0 aliphatic heterocycles. The van der Waals surface area contributed by atoms with E-state index in [1.807, 2.05) is 55.5 Å². The number of aromatic amines is 1. The van der Waals surface area contributed by atoms with E-state index in [2.05, 4.69) is 15.0 Å². The number of hydrogen-bond acceptors (Lipinski definition) is 3. The fourth-order valence-electron chi connectivity index (χ4n) is 3.67. The Balaban J connectivity index is 1.65. The van der Waals surface area contributed by atoms with Gasteiger partial charge < -0.3 is 4.98 Å². The van der Waals surface area contributed by atoms with Crippen molar-refractivity contribution >= 4 is 10.9 Å². The van der Waals surface area contributed by atoms with Gasteiger partial charge in [-0.25, -0.2) is 13.8 Å². The van der Waals surface area contributed by atoms with Gasteiger partial charge in [-0.2, -0.15) is 0 Å². The first-order valence-corrected chi connectivity index (χ1v) is 9.89. The largest absolute Gasteiger partial charge is 0.340 e. The number of H-pyrrole nitrogens is 1. The zero-order chi connectivity index (χ0) is 21.4. The maximum absolute atomic E-state index is 14.2. The summed E-state index contributed by atoms with van der Waals surface area (Å²) in [4.78, 5) is 17.0. The fourth-order valence-corrected chi connectivity index (χ4v) is 3.67. The average molecular weight is 412 g/mol. The second kappa shape index (κ2) is 7.72. The van der Waals surface area contributed by atoms with E-state index in [1.165, 1.54) is 6.07 Å². The first-order chi connectivity index (χ1) is 15.1. The Morgan fingerprint density at radius 3 is 2.65 bits per heavy atom. The van der Waals surface area contributed by atoms with Crippen molar-refractivity contribution in [2.24, 2.45) is 0 Å². The third-order valence-electron chi connectivity index (χ3n) is 5.16. The Labute approximate surface area is 177 Å². The van der Waals surface area contributed by atoms with Crippen LogP contribution in [-0.4, -0.2) is 19.9 Å². The molecule has 6 heteroatoms. The number of aryl methyl sites for hydroxylation is 1. The van der Waals surface area contributed by atoms with Gasteiger partial charge in [-0.1, -0.05) is 30.3 Å². The van der Waals surface area contributed by atoms with Crippen molar-refractivity contribution in [1.29, 1.82) is 0 Å². The van der Waals surface area contributed by atoms with Gasteiger partial charge in [0.1, 0.15) is 5.82 Å². The highest BCUT2D eigenvalue weighted by atomic mass is 19.2. The molecule has 0 spiro atoms. The maximum atomic E-state index is 14.2. The highest BCUT2D eigenvalue weighted by molar-refractivity contribution is 5.86. The number of nitrogens with zero attached hydrogens (tertiary/aromatic N) is 3. The van der Waals surface area contributed by atoms with Crippen LogP contribution in [0.25, 0.3) is 33.5 Å². The summed E-state index contributed by atoms with van der Waals surface area (Å²) in [5, 5.41) is 0.990. The lowest BCUT2D eigenvalue weighted by Gasteiger charge is -2.05. The van der Waals surface area contributed by atoms with Crippen molar-refractivity contribution in [3.63, 3.8) is 0 Å². The normalized spacial score (nSPS) is 11.2. The molecule has 0 amide bonds. The number of nitrogens with one attached hydrogen (secondary N) is 1. The van der Waals surface area contributed by atoms with E-state index < -0.39 is 11.6 Å². The van der Waals surface area contributed by atoms with E-state index in [9.17, 15) is 8.78 Å². The summed E-state index contributed by atoms with van der Waals surface area (Å²) in [6.45, 7) is 1.92. The zero-order valence-corrected chi connectivity index (χ0v) is 16.7. The van der Waals surface area contributed by atoms with Gasteiger partial charge in [0.05, 0.1) is 22.6 Å². The molecule has 4 nitrogen and oxygen atoms in total. The highest BCUT2D eigenvalue weighted by Gasteiger charge is 2.18.